The molecule has 33 heavy (non-hydrogen) atoms. The Morgan fingerprint density at radius 3 is 2.42 bits per heavy atom. The average molecular weight is 479 g/mol. The van der Waals surface area contributed by atoms with Gasteiger partial charge in [-0.05, 0) is 35.9 Å². The Hall–Kier alpha value is -3.03. The molecular weight excluding hydrogens is 452 g/mol. The molecule has 1 heterocycles. The first-order chi connectivity index (χ1) is 16.0. The van der Waals surface area contributed by atoms with Gasteiger partial charge in [0.2, 0.25) is 0 Å². The largest absolute Gasteiger partial charge is 0.495 e. The van der Waals surface area contributed by atoms with E-state index < -0.39 is 0 Å². The lowest BCUT2D eigenvalue weighted by Crippen LogP contribution is -2.30. The molecule has 1 aromatic heterocycles. The number of ether oxygens (including phenoxy) is 2. The fourth-order valence-corrected chi connectivity index (χ4v) is 5.48. The van der Waals surface area contributed by atoms with E-state index in [1.807, 2.05) is 66.7 Å². The first kappa shape index (κ1) is 23.1. The first-order valence-electron chi connectivity index (χ1n) is 10.6. The molecule has 0 saturated carbocycles. The van der Waals surface area contributed by atoms with Crippen LogP contribution in [-0.2, 0) is 6.54 Å². The zero-order valence-corrected chi connectivity index (χ0v) is 20.7. The second kappa shape index (κ2) is 10.3. The third-order valence-corrected chi connectivity index (χ3v) is 7.10. The van der Waals surface area contributed by atoms with Crippen LogP contribution in [-0.4, -0.2) is 30.4 Å². The number of fused-ring (bicyclic) bond motifs is 1. The molecule has 0 aliphatic heterocycles. The van der Waals surface area contributed by atoms with Crippen molar-refractivity contribution in [2.45, 2.75) is 30.5 Å². The fraction of sp³-hybridized carbons (Fsp3) is 0.231. The van der Waals surface area contributed by atoms with Gasteiger partial charge in [-0.15, -0.1) is 11.8 Å². The van der Waals surface area contributed by atoms with Crippen molar-refractivity contribution in [1.29, 1.82) is 0 Å². The molecule has 0 fully saturated rings. The molecule has 0 unspecified atom stereocenters. The third-order valence-electron chi connectivity index (χ3n) is 5.01. The van der Waals surface area contributed by atoms with E-state index in [1.165, 1.54) is 11.3 Å². The maximum absolute atomic E-state index is 13.8. The summed E-state index contributed by atoms with van der Waals surface area (Å²) in [5.41, 5.74) is 2.35. The third kappa shape index (κ3) is 5.15. The highest BCUT2D eigenvalue weighted by molar-refractivity contribution is 7.99. The number of anilines is 1. The van der Waals surface area contributed by atoms with Gasteiger partial charge < -0.3 is 9.47 Å². The minimum absolute atomic E-state index is 0.0953. The lowest BCUT2D eigenvalue weighted by atomic mass is 10.1. The second-order valence-corrected chi connectivity index (χ2v) is 10.3. The lowest BCUT2D eigenvalue weighted by Gasteiger charge is -2.20. The van der Waals surface area contributed by atoms with Gasteiger partial charge in [0.25, 0.3) is 5.91 Å². The van der Waals surface area contributed by atoms with Gasteiger partial charge in [0, 0.05) is 15.7 Å². The number of benzene rings is 3. The molecule has 0 aliphatic carbocycles. The summed E-state index contributed by atoms with van der Waals surface area (Å²) in [6, 6.07) is 21.4. The number of hydrogen-bond acceptors (Lipinski definition) is 6. The van der Waals surface area contributed by atoms with Crippen LogP contribution >= 0.6 is 23.1 Å². The van der Waals surface area contributed by atoms with Crippen molar-refractivity contribution in [3.8, 4) is 11.5 Å². The number of aromatic nitrogens is 1. The van der Waals surface area contributed by atoms with Crippen LogP contribution in [0.5, 0.6) is 11.5 Å². The molecule has 5 nitrogen and oxygen atoms in total. The Kier molecular flexibility index (Phi) is 7.20. The van der Waals surface area contributed by atoms with Crippen LogP contribution in [0, 0.1) is 0 Å². The number of hydrogen-bond donors (Lipinski definition) is 0. The monoisotopic (exact) mass is 478 g/mol. The topological polar surface area (TPSA) is 51.7 Å². The molecule has 0 aliphatic rings. The number of carbonyl (C=O) groups is 1. The minimum atomic E-state index is -0.0953. The van der Waals surface area contributed by atoms with E-state index in [-0.39, 0.29) is 5.91 Å². The van der Waals surface area contributed by atoms with Crippen molar-refractivity contribution < 1.29 is 14.3 Å². The lowest BCUT2D eigenvalue weighted by molar-refractivity contribution is 0.0985. The first-order valence-corrected chi connectivity index (χ1v) is 12.3. The van der Waals surface area contributed by atoms with Crippen molar-refractivity contribution in [2.24, 2.45) is 0 Å². The predicted octanol–water partition coefficient (Wildman–Crippen LogP) is 6.66. The number of thiazole rings is 1. The van der Waals surface area contributed by atoms with E-state index in [2.05, 4.69) is 13.8 Å². The van der Waals surface area contributed by atoms with E-state index in [0.29, 0.717) is 39.5 Å². The Bertz CT molecular complexity index is 1210. The van der Waals surface area contributed by atoms with Gasteiger partial charge in [-0.25, -0.2) is 4.98 Å². The van der Waals surface area contributed by atoms with Crippen LogP contribution in [0.1, 0.15) is 29.8 Å². The zero-order valence-electron chi connectivity index (χ0n) is 19.1. The summed E-state index contributed by atoms with van der Waals surface area (Å²) in [5, 5.41) is 1.03. The normalized spacial score (nSPS) is 11.1. The fourth-order valence-electron chi connectivity index (χ4n) is 3.51. The predicted molar refractivity (Wildman–Crippen MR) is 137 cm³/mol. The second-order valence-electron chi connectivity index (χ2n) is 7.72. The summed E-state index contributed by atoms with van der Waals surface area (Å²) in [7, 11) is 3.25. The molecule has 0 bridgehead atoms. The van der Waals surface area contributed by atoms with E-state index in [1.54, 1.807) is 30.9 Å². The van der Waals surface area contributed by atoms with Gasteiger partial charge in [-0.2, -0.15) is 0 Å². The molecular formula is C26H26N2O3S2. The Morgan fingerprint density at radius 2 is 1.73 bits per heavy atom. The summed E-state index contributed by atoms with van der Waals surface area (Å²) >= 11 is 3.17. The SMILES string of the molecule is COc1ccc(OC)c2sc(N(Cc3ccccc3)C(=O)c3cccc(SC(C)C)c3)nc12. The molecule has 4 rings (SSSR count). The average Bonchev–Trinajstić information content (AvgIpc) is 3.27. The van der Waals surface area contributed by atoms with Crippen LogP contribution in [0.2, 0.25) is 0 Å². The van der Waals surface area contributed by atoms with Crippen LogP contribution in [0.15, 0.2) is 71.6 Å². The molecule has 1 amide bonds. The molecule has 0 atom stereocenters. The Morgan fingerprint density at radius 1 is 1.00 bits per heavy atom. The van der Waals surface area contributed by atoms with Gasteiger partial charge in [-0.1, -0.05) is 61.6 Å². The van der Waals surface area contributed by atoms with E-state index in [9.17, 15) is 4.79 Å². The number of amides is 1. The number of thioether (sulfide) groups is 1. The molecule has 4 aromatic rings. The molecule has 7 heteroatoms. The highest BCUT2D eigenvalue weighted by Crippen LogP contribution is 2.41. The summed E-state index contributed by atoms with van der Waals surface area (Å²) in [6.45, 7) is 4.69. The molecule has 0 saturated heterocycles. The maximum atomic E-state index is 13.8. The maximum Gasteiger partial charge on any atom is 0.260 e. The van der Waals surface area contributed by atoms with Crippen LogP contribution in [0.25, 0.3) is 10.2 Å². The van der Waals surface area contributed by atoms with Crippen molar-refractivity contribution in [3.63, 3.8) is 0 Å². The van der Waals surface area contributed by atoms with Gasteiger partial charge in [0.05, 0.1) is 20.8 Å². The van der Waals surface area contributed by atoms with Crippen LogP contribution < -0.4 is 14.4 Å². The molecule has 3 aromatic carbocycles. The van der Waals surface area contributed by atoms with E-state index >= 15 is 0 Å². The van der Waals surface area contributed by atoms with Crippen LogP contribution in [0.4, 0.5) is 5.13 Å². The molecule has 0 N–H and O–H groups in total. The summed E-state index contributed by atoms with van der Waals surface area (Å²) in [5.74, 6) is 1.26. The van der Waals surface area contributed by atoms with Crippen molar-refractivity contribution in [3.05, 3.63) is 77.9 Å². The van der Waals surface area contributed by atoms with Gasteiger partial charge >= 0.3 is 0 Å². The molecule has 0 spiro atoms. The minimum Gasteiger partial charge on any atom is -0.495 e. The highest BCUT2D eigenvalue weighted by Gasteiger charge is 2.24. The summed E-state index contributed by atoms with van der Waals surface area (Å²) in [4.78, 5) is 21.4. The highest BCUT2D eigenvalue weighted by atomic mass is 32.2. The molecule has 170 valence electrons. The van der Waals surface area contributed by atoms with Gasteiger partial charge in [0.15, 0.2) is 5.13 Å². The van der Waals surface area contributed by atoms with Gasteiger partial charge in [0.1, 0.15) is 21.7 Å². The number of rotatable bonds is 8. The van der Waals surface area contributed by atoms with E-state index in [0.717, 1.165) is 15.2 Å². The zero-order chi connectivity index (χ0) is 23.4. The van der Waals surface area contributed by atoms with Crippen molar-refractivity contribution in [1.82, 2.24) is 4.98 Å². The Labute approximate surface area is 202 Å². The number of methoxy groups -OCH3 is 2. The smallest absolute Gasteiger partial charge is 0.260 e. The number of carbonyl (C=O) groups excluding carboxylic acids is 1. The van der Waals surface area contributed by atoms with Gasteiger partial charge in [-0.3, -0.25) is 9.69 Å². The van der Waals surface area contributed by atoms with Crippen molar-refractivity contribution in [2.75, 3.05) is 19.1 Å². The standard InChI is InChI=1S/C26H26N2O3S2/c1-17(2)32-20-12-8-11-19(15-20)25(29)28(16-18-9-6-5-7-10-18)26-27-23-21(30-3)13-14-22(31-4)24(23)33-26/h5-15,17H,16H2,1-4H3. The van der Waals surface area contributed by atoms with Crippen molar-refractivity contribution >= 4 is 44.4 Å². The van der Waals surface area contributed by atoms with E-state index in [4.69, 9.17) is 14.5 Å². The summed E-state index contributed by atoms with van der Waals surface area (Å²) < 4.78 is 11.9. The quantitative estimate of drug-likeness (QED) is 0.265. The molecule has 0 radical (unpaired) electrons. The number of nitrogens with zero attached hydrogens (tertiary/aromatic N) is 2. The van der Waals surface area contributed by atoms with Crippen LogP contribution in [0.3, 0.4) is 0 Å². The summed E-state index contributed by atoms with van der Waals surface area (Å²) in [6.07, 6.45) is 0. The Balaban J connectivity index is 1.80.